The maximum absolute atomic E-state index is 11.0. The minimum absolute atomic E-state index is 0.113. The maximum Gasteiger partial charge on any atom is 0.297 e. The van der Waals surface area contributed by atoms with Crippen LogP contribution in [0.2, 0.25) is 10.0 Å². The fourth-order valence-corrected chi connectivity index (χ4v) is 2.06. The summed E-state index contributed by atoms with van der Waals surface area (Å²) in [5.41, 5.74) is 0.251. The van der Waals surface area contributed by atoms with Gasteiger partial charge in [0, 0.05) is 17.3 Å². The van der Waals surface area contributed by atoms with Crippen molar-refractivity contribution in [2.45, 2.75) is 6.61 Å². The van der Waals surface area contributed by atoms with Gasteiger partial charge in [0.25, 0.3) is 5.69 Å². The number of hydrogen-bond donors (Lipinski definition) is 1. The molecule has 6 nitrogen and oxygen atoms in total. The first-order valence-electron chi connectivity index (χ1n) is 4.82. The van der Waals surface area contributed by atoms with E-state index in [9.17, 15) is 10.1 Å². The van der Waals surface area contributed by atoms with Crippen LogP contribution < -0.4 is 0 Å². The Hall–Kier alpha value is -1.63. The first kappa shape index (κ1) is 12.8. The molecule has 0 bridgehead atoms. The molecule has 0 saturated carbocycles. The van der Waals surface area contributed by atoms with Crippen LogP contribution in [0.15, 0.2) is 24.4 Å². The summed E-state index contributed by atoms with van der Waals surface area (Å²) >= 11 is 11.7. The molecule has 1 heterocycles. The molecule has 0 aliphatic rings. The number of halogens is 2. The van der Waals surface area contributed by atoms with Crippen LogP contribution in [0.25, 0.3) is 5.69 Å². The number of hydrogen-bond acceptors (Lipinski definition) is 4. The van der Waals surface area contributed by atoms with Gasteiger partial charge in [0.1, 0.15) is 0 Å². The van der Waals surface area contributed by atoms with Crippen LogP contribution in [-0.2, 0) is 6.61 Å². The topological polar surface area (TPSA) is 81.2 Å². The van der Waals surface area contributed by atoms with Crippen molar-refractivity contribution in [2.24, 2.45) is 0 Å². The zero-order valence-electron chi connectivity index (χ0n) is 8.88. The highest BCUT2D eigenvalue weighted by molar-refractivity contribution is 6.36. The molecule has 2 aromatic rings. The summed E-state index contributed by atoms with van der Waals surface area (Å²) in [5.74, 6) is 0. The van der Waals surface area contributed by atoms with E-state index in [-0.39, 0.29) is 28.0 Å². The van der Waals surface area contributed by atoms with E-state index in [1.807, 2.05) is 0 Å². The number of benzene rings is 1. The molecule has 0 amide bonds. The van der Waals surface area contributed by atoms with E-state index in [0.29, 0.717) is 5.69 Å². The molecule has 0 atom stereocenters. The summed E-state index contributed by atoms with van der Waals surface area (Å²) in [4.78, 5) is 10.4. The average Bonchev–Trinajstić information content (AvgIpc) is 2.76. The van der Waals surface area contributed by atoms with E-state index in [0.717, 1.165) is 0 Å². The van der Waals surface area contributed by atoms with Gasteiger partial charge >= 0.3 is 0 Å². The zero-order chi connectivity index (χ0) is 13.3. The van der Waals surface area contributed by atoms with Gasteiger partial charge in [0.05, 0.1) is 22.2 Å². The normalized spacial score (nSPS) is 10.6. The third-order valence-corrected chi connectivity index (χ3v) is 2.75. The van der Waals surface area contributed by atoms with E-state index in [2.05, 4.69) is 5.10 Å². The monoisotopic (exact) mass is 287 g/mol. The third-order valence-electron chi connectivity index (χ3n) is 2.24. The lowest BCUT2D eigenvalue weighted by molar-refractivity contribution is -0.384. The standard InChI is InChI=1S/C10H7Cl2N3O3/c11-6-3-8(12)10(9(4-6)15(17)18)14-2-1-7(5-16)13-14/h1-4,16H,5H2. The Morgan fingerprint density at radius 1 is 1.44 bits per heavy atom. The minimum atomic E-state index is -0.590. The second kappa shape index (κ2) is 4.93. The quantitative estimate of drug-likeness (QED) is 0.695. The molecule has 1 aromatic heterocycles. The van der Waals surface area contributed by atoms with Crippen LogP contribution in [0.3, 0.4) is 0 Å². The van der Waals surface area contributed by atoms with Gasteiger partial charge in [0.15, 0.2) is 5.69 Å². The Kier molecular flexibility index (Phi) is 3.51. The van der Waals surface area contributed by atoms with Gasteiger partial charge in [-0.25, -0.2) is 4.68 Å². The molecule has 0 saturated heterocycles. The van der Waals surface area contributed by atoms with Crippen LogP contribution in [0.5, 0.6) is 0 Å². The van der Waals surface area contributed by atoms with Crippen LogP contribution in [0.4, 0.5) is 5.69 Å². The van der Waals surface area contributed by atoms with E-state index in [1.165, 1.54) is 29.1 Å². The van der Waals surface area contributed by atoms with Gasteiger partial charge < -0.3 is 5.11 Å². The van der Waals surface area contributed by atoms with Gasteiger partial charge in [-0.2, -0.15) is 5.10 Å². The smallest absolute Gasteiger partial charge is 0.297 e. The van der Waals surface area contributed by atoms with E-state index >= 15 is 0 Å². The van der Waals surface area contributed by atoms with E-state index in [1.54, 1.807) is 0 Å². The highest BCUT2D eigenvalue weighted by Gasteiger charge is 2.21. The Bertz CT molecular complexity index is 612. The molecule has 94 valence electrons. The number of aliphatic hydroxyl groups is 1. The van der Waals surface area contributed by atoms with Crippen molar-refractivity contribution in [1.29, 1.82) is 0 Å². The van der Waals surface area contributed by atoms with E-state index in [4.69, 9.17) is 28.3 Å². The molecule has 0 radical (unpaired) electrons. The number of nitrogens with zero attached hydrogens (tertiary/aromatic N) is 3. The Labute approximate surface area is 112 Å². The zero-order valence-corrected chi connectivity index (χ0v) is 10.4. The summed E-state index contributed by atoms with van der Waals surface area (Å²) in [6, 6.07) is 4.13. The average molecular weight is 288 g/mol. The lowest BCUT2D eigenvalue weighted by atomic mass is 10.2. The third kappa shape index (κ3) is 2.31. The summed E-state index contributed by atoms with van der Waals surface area (Å²) in [6.45, 7) is -0.258. The molecule has 18 heavy (non-hydrogen) atoms. The molecule has 0 fully saturated rings. The first-order valence-corrected chi connectivity index (χ1v) is 5.57. The van der Waals surface area contributed by atoms with Gasteiger partial charge in [-0.15, -0.1) is 0 Å². The fraction of sp³-hybridized carbons (Fsp3) is 0.100. The van der Waals surface area contributed by atoms with Gasteiger partial charge in [-0.1, -0.05) is 23.2 Å². The van der Waals surface area contributed by atoms with Crippen molar-refractivity contribution >= 4 is 28.9 Å². The van der Waals surface area contributed by atoms with Crippen LogP contribution in [0.1, 0.15) is 5.69 Å². The summed E-state index contributed by atoms with van der Waals surface area (Å²) < 4.78 is 1.24. The number of rotatable bonds is 3. The number of aromatic nitrogens is 2. The van der Waals surface area contributed by atoms with Crippen LogP contribution in [-0.4, -0.2) is 19.8 Å². The highest BCUT2D eigenvalue weighted by atomic mass is 35.5. The minimum Gasteiger partial charge on any atom is -0.390 e. The molecule has 2 rings (SSSR count). The number of nitro benzene ring substituents is 1. The van der Waals surface area contributed by atoms with E-state index < -0.39 is 4.92 Å². The fourth-order valence-electron chi connectivity index (χ4n) is 1.49. The molecule has 1 aromatic carbocycles. The first-order chi connectivity index (χ1) is 8.52. The largest absolute Gasteiger partial charge is 0.390 e. The van der Waals surface area contributed by atoms with Gasteiger partial charge in [0.2, 0.25) is 0 Å². The predicted molar refractivity (Wildman–Crippen MR) is 66.2 cm³/mol. The Morgan fingerprint density at radius 3 is 2.72 bits per heavy atom. The molecular weight excluding hydrogens is 281 g/mol. The molecular formula is C10H7Cl2N3O3. The van der Waals surface area contributed by atoms with Gasteiger partial charge in [-0.05, 0) is 12.1 Å². The lowest BCUT2D eigenvalue weighted by Crippen LogP contribution is -2.02. The van der Waals surface area contributed by atoms with Crippen molar-refractivity contribution in [3.05, 3.63) is 50.2 Å². The molecule has 0 unspecified atom stereocenters. The van der Waals surface area contributed by atoms with Crippen molar-refractivity contribution in [3.63, 3.8) is 0 Å². The van der Waals surface area contributed by atoms with Crippen molar-refractivity contribution in [1.82, 2.24) is 9.78 Å². The number of nitro groups is 1. The van der Waals surface area contributed by atoms with Crippen molar-refractivity contribution in [2.75, 3.05) is 0 Å². The van der Waals surface area contributed by atoms with Crippen molar-refractivity contribution < 1.29 is 10.0 Å². The van der Waals surface area contributed by atoms with Crippen molar-refractivity contribution in [3.8, 4) is 5.69 Å². The van der Waals surface area contributed by atoms with Crippen LogP contribution in [0, 0.1) is 10.1 Å². The highest BCUT2D eigenvalue weighted by Crippen LogP contribution is 2.33. The molecule has 0 aliphatic heterocycles. The summed E-state index contributed by atoms with van der Waals surface area (Å²) in [6.07, 6.45) is 1.48. The molecule has 0 aliphatic carbocycles. The Balaban J connectivity index is 2.65. The maximum atomic E-state index is 11.0. The second-order valence-corrected chi connectivity index (χ2v) is 4.27. The summed E-state index contributed by atoms with van der Waals surface area (Å²) in [7, 11) is 0. The lowest BCUT2D eigenvalue weighted by Gasteiger charge is -2.06. The predicted octanol–water partition coefficient (Wildman–Crippen LogP) is 2.58. The van der Waals surface area contributed by atoms with Crippen LogP contribution >= 0.6 is 23.2 Å². The molecule has 1 N–H and O–H groups in total. The second-order valence-electron chi connectivity index (χ2n) is 3.42. The summed E-state index contributed by atoms with van der Waals surface area (Å²) in [5, 5.41) is 24.2. The molecule has 8 heteroatoms. The van der Waals surface area contributed by atoms with Gasteiger partial charge in [-0.3, -0.25) is 10.1 Å². The molecule has 0 spiro atoms. The Morgan fingerprint density at radius 2 is 2.17 bits per heavy atom. The SMILES string of the molecule is O=[N+]([O-])c1cc(Cl)cc(Cl)c1-n1ccc(CO)n1. The number of aliphatic hydroxyl groups excluding tert-OH is 1.